The molecule has 3 aromatic carbocycles. The van der Waals surface area contributed by atoms with Crippen molar-refractivity contribution in [3.63, 3.8) is 0 Å². The predicted octanol–water partition coefficient (Wildman–Crippen LogP) is 5.56. The summed E-state index contributed by atoms with van der Waals surface area (Å²) in [5.41, 5.74) is 3.25. The van der Waals surface area contributed by atoms with Crippen LogP contribution in [-0.2, 0) is 0 Å². The van der Waals surface area contributed by atoms with Crippen LogP contribution in [0.15, 0.2) is 79.0 Å². The second-order valence-electron chi connectivity index (χ2n) is 6.47. The number of rotatable bonds is 5. The fourth-order valence-electron chi connectivity index (χ4n) is 2.83. The molecule has 0 saturated carbocycles. The van der Waals surface area contributed by atoms with Crippen molar-refractivity contribution in [3.8, 4) is 34.9 Å². The number of aromatic nitrogens is 2. The zero-order valence-corrected chi connectivity index (χ0v) is 16.1. The Kier molecular flexibility index (Phi) is 5.51. The smallest absolute Gasteiger partial charge is 0.230 e. The Balaban J connectivity index is 1.50. The molecule has 0 bridgehead atoms. The summed E-state index contributed by atoms with van der Waals surface area (Å²) in [5, 5.41) is 20.8. The Morgan fingerprint density at radius 2 is 1.45 bits per heavy atom. The van der Waals surface area contributed by atoms with E-state index < -0.39 is 5.82 Å². The van der Waals surface area contributed by atoms with Gasteiger partial charge in [-0.3, -0.25) is 0 Å². The molecule has 0 unspecified atom stereocenters. The number of nitrogens with zero attached hydrogens (tertiary/aromatic N) is 4. The molecule has 0 spiro atoms. The first kappa shape index (κ1) is 19.6. The topological polar surface area (TPSA) is 94.6 Å². The van der Waals surface area contributed by atoms with Crippen molar-refractivity contribution >= 4 is 11.6 Å². The molecule has 0 fully saturated rings. The number of halogens is 1. The van der Waals surface area contributed by atoms with E-state index in [-0.39, 0.29) is 17.6 Å². The minimum Gasteiger partial charge on any atom is -0.436 e. The summed E-state index contributed by atoms with van der Waals surface area (Å²) in [6, 6.07) is 24.0. The van der Waals surface area contributed by atoms with Crippen LogP contribution in [0.3, 0.4) is 0 Å². The standard InChI is InChI=1S/C24H14FN5O/c25-21-13-19(18-5-1-16(14-26)2-6-18)7-10-22(21)31-23-11-12-28-24(30-23)29-20-8-3-17(15-27)4-9-20/h1-13H,(H,28,29,30). The molecule has 0 aliphatic carbocycles. The summed E-state index contributed by atoms with van der Waals surface area (Å²) in [5.74, 6) is -0.0597. The van der Waals surface area contributed by atoms with Gasteiger partial charge in [0.1, 0.15) is 0 Å². The van der Waals surface area contributed by atoms with Crippen molar-refractivity contribution in [2.24, 2.45) is 0 Å². The van der Waals surface area contributed by atoms with Gasteiger partial charge in [-0.15, -0.1) is 0 Å². The van der Waals surface area contributed by atoms with Gasteiger partial charge in [-0.05, 0) is 59.7 Å². The van der Waals surface area contributed by atoms with Gasteiger partial charge in [-0.2, -0.15) is 15.5 Å². The normalized spacial score (nSPS) is 10.0. The molecule has 4 rings (SSSR count). The number of nitriles is 2. The number of nitrogens with one attached hydrogen (secondary N) is 1. The first-order chi connectivity index (χ1) is 15.1. The molecule has 0 saturated heterocycles. The Morgan fingerprint density at radius 3 is 2.10 bits per heavy atom. The van der Waals surface area contributed by atoms with Crippen LogP contribution in [0.1, 0.15) is 11.1 Å². The first-order valence-corrected chi connectivity index (χ1v) is 9.23. The van der Waals surface area contributed by atoms with Crippen LogP contribution < -0.4 is 10.1 Å². The summed E-state index contributed by atoms with van der Waals surface area (Å²) in [6.07, 6.45) is 1.50. The molecule has 6 nitrogen and oxygen atoms in total. The molecule has 0 aliphatic rings. The third-order valence-corrected chi connectivity index (χ3v) is 4.39. The van der Waals surface area contributed by atoms with E-state index in [0.29, 0.717) is 22.4 Å². The third kappa shape index (κ3) is 4.64. The Hall–Kier alpha value is -4.75. The van der Waals surface area contributed by atoms with Crippen LogP contribution in [0.5, 0.6) is 11.6 Å². The van der Waals surface area contributed by atoms with E-state index in [1.54, 1.807) is 54.6 Å². The van der Waals surface area contributed by atoms with Gasteiger partial charge < -0.3 is 10.1 Å². The molecule has 0 aliphatic heterocycles. The lowest BCUT2D eigenvalue weighted by atomic mass is 10.0. The molecule has 0 amide bonds. The lowest BCUT2D eigenvalue weighted by Crippen LogP contribution is -1.99. The number of benzene rings is 3. The van der Waals surface area contributed by atoms with Gasteiger partial charge >= 0.3 is 0 Å². The molecule has 1 heterocycles. The van der Waals surface area contributed by atoms with Crippen LogP contribution in [0, 0.1) is 28.5 Å². The minimum absolute atomic E-state index is 0.0282. The maximum atomic E-state index is 14.6. The number of anilines is 2. The van der Waals surface area contributed by atoms with E-state index in [4.69, 9.17) is 15.3 Å². The van der Waals surface area contributed by atoms with Crippen LogP contribution in [0.2, 0.25) is 0 Å². The zero-order valence-electron chi connectivity index (χ0n) is 16.1. The Morgan fingerprint density at radius 1 is 0.806 bits per heavy atom. The van der Waals surface area contributed by atoms with Crippen molar-refractivity contribution in [3.05, 3.63) is 95.9 Å². The van der Waals surface area contributed by atoms with Crippen molar-refractivity contribution in [2.75, 3.05) is 5.32 Å². The largest absolute Gasteiger partial charge is 0.436 e. The summed E-state index contributed by atoms with van der Waals surface area (Å²) >= 11 is 0. The van der Waals surface area contributed by atoms with E-state index in [1.165, 1.54) is 24.4 Å². The summed E-state index contributed by atoms with van der Waals surface area (Å²) in [4.78, 5) is 8.37. The molecule has 7 heteroatoms. The van der Waals surface area contributed by atoms with Gasteiger partial charge in [0.25, 0.3) is 0 Å². The number of hydrogen-bond donors (Lipinski definition) is 1. The van der Waals surface area contributed by atoms with E-state index in [2.05, 4.69) is 27.4 Å². The number of hydrogen-bond acceptors (Lipinski definition) is 6. The van der Waals surface area contributed by atoms with Crippen LogP contribution in [0.4, 0.5) is 16.0 Å². The lowest BCUT2D eigenvalue weighted by molar-refractivity contribution is 0.427. The van der Waals surface area contributed by atoms with E-state index >= 15 is 0 Å². The van der Waals surface area contributed by atoms with Gasteiger partial charge in [0.05, 0.1) is 23.3 Å². The Labute approximate surface area is 177 Å². The highest BCUT2D eigenvalue weighted by atomic mass is 19.1. The van der Waals surface area contributed by atoms with E-state index in [1.807, 2.05) is 0 Å². The molecular weight excluding hydrogens is 393 g/mol. The lowest BCUT2D eigenvalue weighted by Gasteiger charge is -2.10. The second kappa shape index (κ2) is 8.73. The Bertz CT molecular complexity index is 1310. The quantitative estimate of drug-likeness (QED) is 0.465. The van der Waals surface area contributed by atoms with Crippen molar-refractivity contribution < 1.29 is 9.13 Å². The molecule has 1 aromatic heterocycles. The molecule has 0 atom stereocenters. The van der Waals surface area contributed by atoms with Gasteiger partial charge in [0, 0.05) is 18.0 Å². The van der Waals surface area contributed by atoms with Gasteiger partial charge in [-0.1, -0.05) is 18.2 Å². The van der Waals surface area contributed by atoms with Crippen molar-refractivity contribution in [1.29, 1.82) is 10.5 Å². The van der Waals surface area contributed by atoms with Crippen molar-refractivity contribution in [1.82, 2.24) is 9.97 Å². The third-order valence-electron chi connectivity index (χ3n) is 4.39. The summed E-state index contributed by atoms with van der Waals surface area (Å²) in [6.45, 7) is 0. The van der Waals surface area contributed by atoms with Crippen LogP contribution in [0.25, 0.3) is 11.1 Å². The first-order valence-electron chi connectivity index (χ1n) is 9.23. The van der Waals surface area contributed by atoms with Crippen molar-refractivity contribution in [2.45, 2.75) is 0 Å². The van der Waals surface area contributed by atoms with Crippen LogP contribution >= 0.6 is 0 Å². The maximum absolute atomic E-state index is 14.6. The fraction of sp³-hybridized carbons (Fsp3) is 0. The highest BCUT2D eigenvalue weighted by Crippen LogP contribution is 2.29. The number of ether oxygens (including phenoxy) is 1. The highest BCUT2D eigenvalue weighted by Gasteiger charge is 2.09. The van der Waals surface area contributed by atoms with Gasteiger partial charge in [0.15, 0.2) is 11.6 Å². The molecular formula is C24H14FN5O. The monoisotopic (exact) mass is 407 g/mol. The maximum Gasteiger partial charge on any atom is 0.230 e. The van der Waals surface area contributed by atoms with E-state index in [9.17, 15) is 4.39 Å². The summed E-state index contributed by atoms with van der Waals surface area (Å²) < 4.78 is 20.2. The molecule has 0 radical (unpaired) electrons. The van der Waals surface area contributed by atoms with Gasteiger partial charge in [-0.25, -0.2) is 9.37 Å². The average Bonchev–Trinajstić information content (AvgIpc) is 2.81. The SMILES string of the molecule is N#Cc1ccc(Nc2nccc(Oc3ccc(-c4ccc(C#N)cc4)cc3F)n2)cc1. The van der Waals surface area contributed by atoms with E-state index in [0.717, 1.165) is 5.56 Å². The molecule has 31 heavy (non-hydrogen) atoms. The molecule has 148 valence electrons. The average molecular weight is 407 g/mol. The molecule has 4 aromatic rings. The fourth-order valence-corrected chi connectivity index (χ4v) is 2.83. The second-order valence-corrected chi connectivity index (χ2v) is 6.47. The predicted molar refractivity (Wildman–Crippen MR) is 113 cm³/mol. The highest BCUT2D eigenvalue weighted by molar-refractivity contribution is 5.65. The summed E-state index contributed by atoms with van der Waals surface area (Å²) in [7, 11) is 0. The molecule has 1 N–H and O–H groups in total. The van der Waals surface area contributed by atoms with Crippen LogP contribution in [-0.4, -0.2) is 9.97 Å². The zero-order chi connectivity index (χ0) is 21.6. The van der Waals surface area contributed by atoms with Gasteiger partial charge in [0.2, 0.25) is 11.8 Å². The minimum atomic E-state index is -0.540.